The zero-order chi connectivity index (χ0) is 39.5. The summed E-state index contributed by atoms with van der Waals surface area (Å²) in [6, 6.07) is 74.2. The van der Waals surface area contributed by atoms with Gasteiger partial charge in [0.25, 0.3) is 0 Å². The second-order valence-electron chi connectivity index (χ2n) is 16.1. The van der Waals surface area contributed by atoms with Gasteiger partial charge < -0.3 is 0 Å². The summed E-state index contributed by atoms with van der Waals surface area (Å²) < 4.78 is 0. The van der Waals surface area contributed by atoms with Crippen molar-refractivity contribution in [2.75, 3.05) is 0 Å². The fourth-order valence-electron chi connectivity index (χ4n) is 9.42. The first-order valence-electron chi connectivity index (χ1n) is 20.4. The van der Waals surface area contributed by atoms with E-state index in [2.05, 4.69) is 220 Å². The van der Waals surface area contributed by atoms with Crippen molar-refractivity contribution in [1.29, 1.82) is 0 Å². The van der Waals surface area contributed by atoms with Gasteiger partial charge in [0.1, 0.15) is 0 Å². The maximum Gasteiger partial charge on any atom is 0.160 e. The van der Waals surface area contributed by atoms with Crippen LogP contribution in [0.5, 0.6) is 0 Å². The molecule has 0 fully saturated rings. The molecule has 2 nitrogen and oxygen atoms in total. The quantitative estimate of drug-likeness (QED) is 0.169. The molecule has 0 aliphatic heterocycles. The molecule has 1 aromatic heterocycles. The van der Waals surface area contributed by atoms with Gasteiger partial charge in [-0.15, -0.1) is 0 Å². The Labute approximate surface area is 345 Å². The lowest BCUT2D eigenvalue weighted by atomic mass is 9.78. The lowest BCUT2D eigenvalue weighted by molar-refractivity contribution is 0.663. The molecule has 1 aliphatic rings. The first-order valence-corrected chi connectivity index (χ1v) is 20.4. The Bertz CT molecular complexity index is 3220. The minimum Gasteiger partial charge on any atom is -0.228 e. The Morgan fingerprint density at radius 2 is 0.814 bits per heavy atom. The van der Waals surface area contributed by atoms with E-state index >= 15 is 0 Å². The number of aromatic nitrogens is 2. The van der Waals surface area contributed by atoms with Crippen LogP contribution in [0.25, 0.3) is 100.0 Å². The van der Waals surface area contributed by atoms with Gasteiger partial charge in [0.15, 0.2) is 5.82 Å². The van der Waals surface area contributed by atoms with Crippen LogP contribution in [0.4, 0.5) is 0 Å². The van der Waals surface area contributed by atoms with Crippen molar-refractivity contribution in [3.05, 3.63) is 217 Å². The van der Waals surface area contributed by atoms with Crippen molar-refractivity contribution < 1.29 is 0 Å². The molecule has 1 aliphatic carbocycles. The van der Waals surface area contributed by atoms with E-state index in [0.717, 1.165) is 50.2 Å². The van der Waals surface area contributed by atoms with E-state index in [0.29, 0.717) is 5.82 Å². The van der Waals surface area contributed by atoms with Gasteiger partial charge >= 0.3 is 0 Å². The van der Waals surface area contributed by atoms with Crippen LogP contribution in [0.2, 0.25) is 0 Å². The van der Waals surface area contributed by atoms with Crippen molar-refractivity contribution in [2.45, 2.75) is 19.3 Å². The maximum absolute atomic E-state index is 5.38. The van der Waals surface area contributed by atoms with E-state index in [4.69, 9.17) is 9.97 Å². The number of fused-ring (bicyclic) bond motifs is 5. The number of hydrogen-bond acceptors (Lipinski definition) is 2. The number of rotatable bonds is 6. The van der Waals surface area contributed by atoms with Crippen molar-refractivity contribution in [1.82, 2.24) is 9.97 Å². The highest BCUT2D eigenvalue weighted by Crippen LogP contribution is 2.54. The average Bonchev–Trinajstić information content (AvgIpc) is 3.53. The molecule has 1 heterocycles. The second-order valence-corrected chi connectivity index (χ2v) is 16.1. The number of nitrogens with zero attached hydrogens (tertiary/aromatic N) is 2. The zero-order valence-corrected chi connectivity index (χ0v) is 33.0. The van der Waals surface area contributed by atoms with Crippen LogP contribution in [0.15, 0.2) is 206 Å². The molecule has 0 saturated heterocycles. The Morgan fingerprint density at radius 1 is 0.322 bits per heavy atom. The van der Waals surface area contributed by atoms with Gasteiger partial charge in [-0.1, -0.05) is 202 Å². The van der Waals surface area contributed by atoms with E-state index in [1.165, 1.54) is 55.1 Å². The van der Waals surface area contributed by atoms with Gasteiger partial charge in [-0.25, -0.2) is 9.97 Å². The third-order valence-corrected chi connectivity index (χ3v) is 12.3. The van der Waals surface area contributed by atoms with Crippen LogP contribution < -0.4 is 0 Å². The first-order chi connectivity index (χ1) is 29.0. The molecule has 0 radical (unpaired) electrons. The molecule has 0 atom stereocenters. The summed E-state index contributed by atoms with van der Waals surface area (Å²) in [6.45, 7) is 4.77. The maximum atomic E-state index is 5.38. The molecule has 0 saturated carbocycles. The van der Waals surface area contributed by atoms with Crippen LogP contribution in [0.1, 0.15) is 25.0 Å². The van der Waals surface area contributed by atoms with Gasteiger partial charge in [-0.3, -0.25) is 0 Å². The third-order valence-electron chi connectivity index (χ3n) is 12.3. The van der Waals surface area contributed by atoms with Gasteiger partial charge in [0.2, 0.25) is 0 Å². The van der Waals surface area contributed by atoms with Crippen LogP contribution >= 0.6 is 0 Å². The summed E-state index contributed by atoms with van der Waals surface area (Å²) in [5, 5.41) is 4.92. The van der Waals surface area contributed by atoms with Crippen molar-refractivity contribution in [3.8, 4) is 78.4 Å². The Hall–Kier alpha value is -7.42. The summed E-state index contributed by atoms with van der Waals surface area (Å²) in [6.07, 6.45) is 0. The molecule has 9 aromatic carbocycles. The Kier molecular flexibility index (Phi) is 8.20. The molecular formula is C57H40N2. The van der Waals surface area contributed by atoms with Crippen molar-refractivity contribution in [3.63, 3.8) is 0 Å². The fraction of sp³-hybridized carbons (Fsp3) is 0.0526. The zero-order valence-electron chi connectivity index (χ0n) is 33.0. The molecule has 11 rings (SSSR count). The highest BCUT2D eigenvalue weighted by molar-refractivity contribution is 6.07. The Balaban J connectivity index is 1.09. The predicted molar refractivity (Wildman–Crippen MR) is 247 cm³/mol. The lowest BCUT2D eigenvalue weighted by Gasteiger charge is -2.25. The SMILES string of the molecule is CC1(C)c2cc3ccccc3cc2-c2cccc(-c3ccc(-c4cc(-c5ccccc5-c5ccccc5)nc(-c5ccc(-c6ccccc6)cc5)n4)c4ccccc34)c21. The van der Waals surface area contributed by atoms with E-state index in [1.807, 2.05) is 0 Å². The van der Waals surface area contributed by atoms with E-state index in [1.54, 1.807) is 0 Å². The van der Waals surface area contributed by atoms with E-state index in [-0.39, 0.29) is 5.41 Å². The monoisotopic (exact) mass is 752 g/mol. The summed E-state index contributed by atoms with van der Waals surface area (Å²) in [5.41, 5.74) is 17.3. The molecule has 0 bridgehead atoms. The number of hydrogen-bond donors (Lipinski definition) is 0. The smallest absolute Gasteiger partial charge is 0.160 e. The second kappa shape index (κ2) is 13.9. The molecule has 59 heavy (non-hydrogen) atoms. The first kappa shape index (κ1) is 34.8. The minimum absolute atomic E-state index is 0.177. The molecule has 0 unspecified atom stereocenters. The molecule has 0 amide bonds. The highest BCUT2D eigenvalue weighted by atomic mass is 14.9. The third kappa shape index (κ3) is 5.87. The Morgan fingerprint density at radius 3 is 1.53 bits per heavy atom. The van der Waals surface area contributed by atoms with Gasteiger partial charge in [0, 0.05) is 22.1 Å². The molecular weight excluding hydrogens is 713 g/mol. The minimum atomic E-state index is -0.177. The molecule has 0 N–H and O–H groups in total. The van der Waals surface area contributed by atoms with Gasteiger partial charge in [-0.05, 0) is 95.4 Å². The summed E-state index contributed by atoms with van der Waals surface area (Å²) in [4.78, 5) is 10.7. The van der Waals surface area contributed by atoms with Crippen molar-refractivity contribution in [2.24, 2.45) is 0 Å². The summed E-state index contributed by atoms with van der Waals surface area (Å²) in [7, 11) is 0. The van der Waals surface area contributed by atoms with Crippen LogP contribution in [-0.4, -0.2) is 9.97 Å². The average molecular weight is 753 g/mol. The van der Waals surface area contributed by atoms with E-state index in [9.17, 15) is 0 Å². The van der Waals surface area contributed by atoms with E-state index < -0.39 is 0 Å². The van der Waals surface area contributed by atoms with Crippen LogP contribution in [-0.2, 0) is 5.41 Å². The van der Waals surface area contributed by atoms with Crippen LogP contribution in [0, 0.1) is 0 Å². The molecule has 2 heteroatoms. The fourth-order valence-corrected chi connectivity index (χ4v) is 9.42. The summed E-state index contributed by atoms with van der Waals surface area (Å²) >= 11 is 0. The lowest BCUT2D eigenvalue weighted by Crippen LogP contribution is -2.16. The standard InChI is InChI=1S/C57H40N2/c1-57(2)52-35-42-21-10-9-20-41(42)34-51(52)50-27-15-26-49(55(50)57)46-32-33-48(45-24-13-12-23-44(45)46)54-36-53(47-25-14-11-22-43(47)39-18-7-4-8-19-39)58-56(59-54)40-30-28-38(29-31-40)37-16-5-3-6-17-37/h3-36H,1-2H3. The summed E-state index contributed by atoms with van der Waals surface area (Å²) in [5.74, 6) is 0.695. The largest absolute Gasteiger partial charge is 0.228 e. The molecule has 278 valence electrons. The molecule has 10 aromatic rings. The predicted octanol–water partition coefficient (Wildman–Crippen LogP) is 15.1. The topological polar surface area (TPSA) is 25.8 Å². The van der Waals surface area contributed by atoms with Crippen molar-refractivity contribution >= 4 is 21.5 Å². The normalized spacial score (nSPS) is 12.7. The highest BCUT2D eigenvalue weighted by Gasteiger charge is 2.38. The van der Waals surface area contributed by atoms with Gasteiger partial charge in [-0.2, -0.15) is 0 Å². The molecule has 0 spiro atoms. The van der Waals surface area contributed by atoms with Crippen LogP contribution in [0.3, 0.4) is 0 Å². The number of benzene rings is 9. The van der Waals surface area contributed by atoms with Gasteiger partial charge in [0.05, 0.1) is 11.4 Å².